The molecule has 0 aliphatic carbocycles. The minimum absolute atomic E-state index is 0.242. The third-order valence-corrected chi connectivity index (χ3v) is 2.01. The van der Waals surface area contributed by atoms with E-state index in [0.717, 1.165) is 5.69 Å². The number of nitrogens with zero attached hydrogens (tertiary/aromatic N) is 1. The fourth-order valence-corrected chi connectivity index (χ4v) is 1.32. The van der Waals surface area contributed by atoms with E-state index in [9.17, 15) is 4.39 Å². The van der Waals surface area contributed by atoms with Crippen molar-refractivity contribution in [1.29, 1.82) is 0 Å². The Balaban J connectivity index is 2.28. The molecule has 0 aliphatic rings. The summed E-state index contributed by atoms with van der Waals surface area (Å²) in [5.74, 6) is -0.242. The number of imidazole rings is 1. The quantitative estimate of drug-likeness (QED) is 0.710. The Morgan fingerprint density at radius 1 is 1.43 bits per heavy atom. The molecule has 1 aromatic carbocycles. The molecule has 3 N–H and O–H groups in total. The first-order valence-electron chi connectivity index (χ1n) is 4.27. The molecule has 0 radical (unpaired) electrons. The van der Waals surface area contributed by atoms with Crippen LogP contribution in [-0.4, -0.2) is 9.97 Å². The van der Waals surface area contributed by atoms with Crippen LogP contribution in [0.4, 0.5) is 10.1 Å². The molecule has 0 aliphatic heterocycles. The van der Waals surface area contributed by atoms with Gasteiger partial charge in [-0.3, -0.25) is 0 Å². The molecular weight excluding hydrogens is 181 g/mol. The largest absolute Gasteiger partial charge is 0.399 e. The fourth-order valence-electron chi connectivity index (χ4n) is 1.32. The topological polar surface area (TPSA) is 54.7 Å². The van der Waals surface area contributed by atoms with Gasteiger partial charge >= 0.3 is 0 Å². The summed E-state index contributed by atoms with van der Waals surface area (Å²) in [5, 5.41) is 0. The summed E-state index contributed by atoms with van der Waals surface area (Å²) < 4.78 is 13.3. The molecule has 3 nitrogen and oxygen atoms in total. The Hall–Kier alpha value is -1.84. The molecular formula is C10H10FN3. The van der Waals surface area contributed by atoms with Crippen LogP contribution >= 0.6 is 0 Å². The van der Waals surface area contributed by atoms with Gasteiger partial charge in [0.05, 0.1) is 6.33 Å². The van der Waals surface area contributed by atoms with Crippen molar-refractivity contribution in [2.24, 2.45) is 0 Å². The van der Waals surface area contributed by atoms with Gasteiger partial charge in [0.2, 0.25) is 0 Å². The van der Waals surface area contributed by atoms with Gasteiger partial charge in [0.1, 0.15) is 5.82 Å². The van der Waals surface area contributed by atoms with Crippen LogP contribution in [0.1, 0.15) is 11.3 Å². The molecule has 1 aromatic heterocycles. The third kappa shape index (κ3) is 1.74. The van der Waals surface area contributed by atoms with Gasteiger partial charge < -0.3 is 10.7 Å². The number of H-pyrrole nitrogens is 1. The number of halogens is 1. The number of hydrogen-bond donors (Lipinski definition) is 2. The predicted octanol–water partition coefficient (Wildman–Crippen LogP) is 1.72. The van der Waals surface area contributed by atoms with E-state index in [1.807, 2.05) is 0 Å². The van der Waals surface area contributed by atoms with E-state index in [1.54, 1.807) is 24.7 Å². The zero-order chi connectivity index (χ0) is 9.97. The molecule has 0 unspecified atom stereocenters. The third-order valence-electron chi connectivity index (χ3n) is 2.01. The van der Waals surface area contributed by atoms with Crippen molar-refractivity contribution in [3.05, 3.63) is 47.8 Å². The minimum Gasteiger partial charge on any atom is -0.399 e. The van der Waals surface area contributed by atoms with Crippen LogP contribution < -0.4 is 5.73 Å². The van der Waals surface area contributed by atoms with Crippen LogP contribution in [0.2, 0.25) is 0 Å². The lowest BCUT2D eigenvalue weighted by Crippen LogP contribution is -1.95. The Labute approximate surface area is 80.8 Å². The van der Waals surface area contributed by atoms with E-state index in [2.05, 4.69) is 9.97 Å². The van der Waals surface area contributed by atoms with Crippen molar-refractivity contribution in [3.8, 4) is 0 Å². The smallest absolute Gasteiger partial charge is 0.126 e. The van der Waals surface area contributed by atoms with E-state index < -0.39 is 0 Å². The lowest BCUT2D eigenvalue weighted by molar-refractivity contribution is 0.613. The highest BCUT2D eigenvalue weighted by Crippen LogP contribution is 2.14. The number of aromatic amines is 1. The van der Waals surface area contributed by atoms with Gasteiger partial charge in [-0.05, 0) is 23.8 Å². The van der Waals surface area contributed by atoms with E-state index in [0.29, 0.717) is 17.7 Å². The Morgan fingerprint density at radius 3 is 3.00 bits per heavy atom. The molecule has 0 amide bonds. The molecule has 0 atom stereocenters. The van der Waals surface area contributed by atoms with E-state index in [1.165, 1.54) is 6.07 Å². The van der Waals surface area contributed by atoms with Gasteiger partial charge in [-0.2, -0.15) is 0 Å². The molecule has 0 spiro atoms. The standard InChI is InChI=1S/C10H10FN3/c11-10-2-1-8(12)3-7(10)4-9-5-13-6-14-9/h1-3,5-6H,4,12H2,(H,13,14). The van der Waals surface area contributed by atoms with Gasteiger partial charge in [-0.25, -0.2) is 9.37 Å². The second kappa shape index (κ2) is 3.49. The van der Waals surface area contributed by atoms with Crippen LogP contribution in [0.25, 0.3) is 0 Å². The van der Waals surface area contributed by atoms with Gasteiger partial charge in [0.15, 0.2) is 0 Å². The normalized spacial score (nSPS) is 10.4. The maximum Gasteiger partial charge on any atom is 0.126 e. The second-order valence-electron chi connectivity index (χ2n) is 3.10. The first kappa shape index (κ1) is 8.74. The van der Waals surface area contributed by atoms with Crippen molar-refractivity contribution >= 4 is 5.69 Å². The molecule has 1 heterocycles. The zero-order valence-electron chi connectivity index (χ0n) is 7.50. The highest BCUT2D eigenvalue weighted by molar-refractivity contribution is 5.42. The monoisotopic (exact) mass is 191 g/mol. The molecule has 14 heavy (non-hydrogen) atoms. The minimum atomic E-state index is -0.242. The van der Waals surface area contributed by atoms with E-state index in [-0.39, 0.29) is 5.82 Å². The molecule has 0 saturated heterocycles. The first-order chi connectivity index (χ1) is 6.75. The lowest BCUT2D eigenvalue weighted by Gasteiger charge is -2.02. The van der Waals surface area contributed by atoms with Crippen molar-refractivity contribution in [1.82, 2.24) is 9.97 Å². The second-order valence-corrected chi connectivity index (χ2v) is 3.10. The average molecular weight is 191 g/mol. The fraction of sp³-hybridized carbons (Fsp3) is 0.100. The lowest BCUT2D eigenvalue weighted by atomic mass is 10.1. The summed E-state index contributed by atoms with van der Waals surface area (Å²) in [4.78, 5) is 6.77. The Morgan fingerprint density at radius 2 is 2.29 bits per heavy atom. The summed E-state index contributed by atoms with van der Waals surface area (Å²) in [6.45, 7) is 0. The SMILES string of the molecule is Nc1ccc(F)c(Cc2cnc[nH]2)c1. The van der Waals surface area contributed by atoms with Gasteiger partial charge in [-0.15, -0.1) is 0 Å². The molecule has 4 heteroatoms. The van der Waals surface area contributed by atoms with Crippen molar-refractivity contribution in [2.75, 3.05) is 5.73 Å². The van der Waals surface area contributed by atoms with Crippen LogP contribution in [0.5, 0.6) is 0 Å². The molecule has 2 rings (SSSR count). The Kier molecular flexibility index (Phi) is 2.18. The summed E-state index contributed by atoms with van der Waals surface area (Å²) in [6, 6.07) is 4.56. The van der Waals surface area contributed by atoms with Crippen molar-refractivity contribution in [2.45, 2.75) is 6.42 Å². The van der Waals surface area contributed by atoms with Crippen molar-refractivity contribution in [3.63, 3.8) is 0 Å². The number of nitrogens with one attached hydrogen (secondary N) is 1. The van der Waals surface area contributed by atoms with E-state index in [4.69, 9.17) is 5.73 Å². The van der Waals surface area contributed by atoms with Crippen LogP contribution in [0.15, 0.2) is 30.7 Å². The first-order valence-corrected chi connectivity index (χ1v) is 4.27. The molecule has 2 aromatic rings. The number of nitrogen functional groups attached to an aromatic ring is 1. The number of anilines is 1. The maximum absolute atomic E-state index is 13.3. The van der Waals surface area contributed by atoms with Gasteiger partial charge in [0, 0.05) is 24.0 Å². The summed E-state index contributed by atoms with van der Waals surface area (Å²) in [7, 11) is 0. The maximum atomic E-state index is 13.3. The van der Waals surface area contributed by atoms with Crippen LogP contribution in [-0.2, 0) is 6.42 Å². The highest BCUT2D eigenvalue weighted by Gasteiger charge is 2.04. The van der Waals surface area contributed by atoms with Gasteiger partial charge in [0.25, 0.3) is 0 Å². The summed E-state index contributed by atoms with van der Waals surface area (Å²) >= 11 is 0. The number of nitrogens with two attached hydrogens (primary N) is 1. The Bertz CT molecular complexity index is 423. The summed E-state index contributed by atoms with van der Waals surface area (Å²) in [6.07, 6.45) is 3.72. The number of rotatable bonds is 2. The van der Waals surface area contributed by atoms with Crippen LogP contribution in [0.3, 0.4) is 0 Å². The molecule has 0 fully saturated rings. The zero-order valence-corrected chi connectivity index (χ0v) is 7.50. The number of hydrogen-bond acceptors (Lipinski definition) is 2. The van der Waals surface area contributed by atoms with Crippen molar-refractivity contribution < 1.29 is 4.39 Å². The molecule has 72 valence electrons. The number of aromatic nitrogens is 2. The molecule has 0 bridgehead atoms. The predicted molar refractivity (Wildman–Crippen MR) is 52.2 cm³/mol. The summed E-state index contributed by atoms with van der Waals surface area (Å²) in [5.41, 5.74) is 7.58. The number of benzene rings is 1. The van der Waals surface area contributed by atoms with Gasteiger partial charge in [-0.1, -0.05) is 0 Å². The van der Waals surface area contributed by atoms with Crippen LogP contribution in [0, 0.1) is 5.82 Å². The molecule has 0 saturated carbocycles. The van der Waals surface area contributed by atoms with E-state index >= 15 is 0 Å². The highest BCUT2D eigenvalue weighted by atomic mass is 19.1. The average Bonchev–Trinajstić information content (AvgIpc) is 2.64.